The summed E-state index contributed by atoms with van der Waals surface area (Å²) in [7, 11) is 0. The van der Waals surface area contributed by atoms with Gasteiger partial charge in [0.05, 0.1) is 0 Å². The Hall–Kier alpha value is 0.310. The molecule has 1 N–H and O–H groups in total. The fourth-order valence-corrected chi connectivity index (χ4v) is 3.00. The monoisotopic (exact) mass is 229 g/mol. The van der Waals surface area contributed by atoms with Crippen molar-refractivity contribution >= 4 is 11.8 Å². The van der Waals surface area contributed by atoms with Crippen LogP contribution in [0.2, 0.25) is 0 Å². The fraction of sp³-hybridized carbons (Fsp3) is 1.00. The summed E-state index contributed by atoms with van der Waals surface area (Å²) in [5.41, 5.74) is 0. The van der Waals surface area contributed by atoms with Gasteiger partial charge in [0, 0.05) is 23.6 Å². The van der Waals surface area contributed by atoms with E-state index in [0.717, 1.165) is 11.3 Å². The minimum Gasteiger partial charge on any atom is -0.313 e. The van der Waals surface area contributed by atoms with Crippen LogP contribution in [-0.4, -0.2) is 23.6 Å². The highest BCUT2D eigenvalue weighted by atomic mass is 32.2. The van der Waals surface area contributed by atoms with Crippen LogP contribution in [0.1, 0.15) is 58.8 Å². The lowest BCUT2D eigenvalue weighted by Crippen LogP contribution is -2.30. The molecule has 1 rings (SSSR count). The van der Waals surface area contributed by atoms with E-state index in [1.165, 1.54) is 57.2 Å². The lowest BCUT2D eigenvalue weighted by atomic mass is 10.1. The molecule has 0 aromatic carbocycles. The SMILES string of the molecule is CCC(C)SCCNC1CCCCCC1. The Morgan fingerprint density at radius 3 is 2.47 bits per heavy atom. The van der Waals surface area contributed by atoms with Crippen molar-refractivity contribution in [1.29, 1.82) is 0 Å². The van der Waals surface area contributed by atoms with Crippen LogP contribution in [0.15, 0.2) is 0 Å². The molecule has 1 nitrogen and oxygen atoms in total. The highest BCUT2D eigenvalue weighted by molar-refractivity contribution is 7.99. The lowest BCUT2D eigenvalue weighted by Gasteiger charge is -2.16. The first-order valence-electron chi connectivity index (χ1n) is 6.68. The normalized spacial score (nSPS) is 21.2. The van der Waals surface area contributed by atoms with Crippen LogP contribution in [0.3, 0.4) is 0 Å². The van der Waals surface area contributed by atoms with Gasteiger partial charge < -0.3 is 5.32 Å². The number of hydrogen-bond donors (Lipinski definition) is 1. The fourth-order valence-electron chi connectivity index (χ4n) is 2.12. The van der Waals surface area contributed by atoms with Crippen molar-refractivity contribution in [3.63, 3.8) is 0 Å². The molecule has 15 heavy (non-hydrogen) atoms. The van der Waals surface area contributed by atoms with Gasteiger partial charge in [-0.2, -0.15) is 11.8 Å². The summed E-state index contributed by atoms with van der Waals surface area (Å²) >= 11 is 2.11. The van der Waals surface area contributed by atoms with E-state index in [0.29, 0.717) is 0 Å². The van der Waals surface area contributed by atoms with Crippen LogP contribution in [0.25, 0.3) is 0 Å². The second kappa shape index (κ2) is 8.46. The quantitative estimate of drug-likeness (QED) is 0.549. The highest BCUT2D eigenvalue weighted by Crippen LogP contribution is 2.17. The minimum absolute atomic E-state index is 0.824. The van der Waals surface area contributed by atoms with E-state index < -0.39 is 0 Å². The first-order valence-corrected chi connectivity index (χ1v) is 7.72. The predicted molar refractivity (Wildman–Crippen MR) is 71.7 cm³/mol. The molecule has 0 spiro atoms. The Labute approximate surface area is 99.8 Å². The summed E-state index contributed by atoms with van der Waals surface area (Å²) in [5.74, 6) is 1.28. The molecule has 0 bridgehead atoms. The van der Waals surface area contributed by atoms with E-state index in [-0.39, 0.29) is 0 Å². The van der Waals surface area contributed by atoms with Crippen molar-refractivity contribution in [1.82, 2.24) is 5.32 Å². The van der Waals surface area contributed by atoms with Gasteiger partial charge in [-0.15, -0.1) is 0 Å². The van der Waals surface area contributed by atoms with Gasteiger partial charge in [0.2, 0.25) is 0 Å². The average Bonchev–Trinajstić information content (AvgIpc) is 2.52. The summed E-state index contributed by atoms with van der Waals surface area (Å²) in [5, 5.41) is 4.55. The van der Waals surface area contributed by atoms with Crippen LogP contribution in [0.5, 0.6) is 0 Å². The van der Waals surface area contributed by atoms with E-state index >= 15 is 0 Å². The standard InChI is InChI=1S/C13H27NS/c1-3-12(2)15-11-10-14-13-8-6-4-5-7-9-13/h12-14H,3-11H2,1-2H3. The van der Waals surface area contributed by atoms with E-state index in [9.17, 15) is 0 Å². The molecule has 1 fully saturated rings. The van der Waals surface area contributed by atoms with Crippen LogP contribution in [-0.2, 0) is 0 Å². The van der Waals surface area contributed by atoms with Gasteiger partial charge >= 0.3 is 0 Å². The number of hydrogen-bond acceptors (Lipinski definition) is 2. The summed E-state index contributed by atoms with van der Waals surface area (Å²) < 4.78 is 0. The molecule has 0 aliphatic heterocycles. The second-order valence-corrected chi connectivity index (χ2v) is 6.28. The molecule has 1 aliphatic carbocycles. The maximum absolute atomic E-state index is 3.72. The molecule has 1 unspecified atom stereocenters. The molecule has 0 saturated heterocycles. The smallest absolute Gasteiger partial charge is 0.00673 e. The second-order valence-electron chi connectivity index (χ2n) is 4.73. The topological polar surface area (TPSA) is 12.0 Å². The molecule has 0 radical (unpaired) electrons. The van der Waals surface area contributed by atoms with Crippen LogP contribution in [0, 0.1) is 0 Å². The third kappa shape index (κ3) is 6.47. The van der Waals surface area contributed by atoms with E-state index in [4.69, 9.17) is 0 Å². The molecule has 0 aromatic heterocycles. The number of rotatable bonds is 6. The van der Waals surface area contributed by atoms with Crippen molar-refractivity contribution < 1.29 is 0 Å². The molecule has 0 amide bonds. The van der Waals surface area contributed by atoms with E-state index in [1.54, 1.807) is 0 Å². The van der Waals surface area contributed by atoms with Crippen molar-refractivity contribution in [3.05, 3.63) is 0 Å². The maximum atomic E-state index is 3.72. The van der Waals surface area contributed by atoms with Crippen molar-refractivity contribution in [2.45, 2.75) is 70.1 Å². The van der Waals surface area contributed by atoms with Crippen molar-refractivity contribution in [2.75, 3.05) is 12.3 Å². The zero-order chi connectivity index (χ0) is 10.9. The Bertz CT molecular complexity index is 141. The molecule has 0 aromatic rings. The van der Waals surface area contributed by atoms with E-state index in [2.05, 4.69) is 30.9 Å². The molecule has 0 heterocycles. The third-order valence-electron chi connectivity index (χ3n) is 3.37. The summed E-state index contributed by atoms with van der Waals surface area (Å²) in [6.45, 7) is 5.81. The zero-order valence-electron chi connectivity index (χ0n) is 10.4. The predicted octanol–water partition coefficient (Wildman–Crippen LogP) is 3.83. The van der Waals surface area contributed by atoms with Gasteiger partial charge in [0.25, 0.3) is 0 Å². The molecule has 1 aliphatic rings. The van der Waals surface area contributed by atoms with Crippen molar-refractivity contribution in [3.8, 4) is 0 Å². The van der Waals surface area contributed by atoms with Crippen LogP contribution in [0.4, 0.5) is 0 Å². The largest absolute Gasteiger partial charge is 0.313 e. The van der Waals surface area contributed by atoms with Crippen LogP contribution >= 0.6 is 11.8 Å². The lowest BCUT2D eigenvalue weighted by molar-refractivity contribution is 0.474. The minimum atomic E-state index is 0.824. The molecule has 90 valence electrons. The van der Waals surface area contributed by atoms with Gasteiger partial charge in [-0.05, 0) is 19.3 Å². The van der Waals surface area contributed by atoms with Crippen LogP contribution < -0.4 is 5.32 Å². The van der Waals surface area contributed by atoms with Gasteiger partial charge in [0.1, 0.15) is 0 Å². The Balaban J connectivity index is 1.98. The molecule has 2 heteroatoms. The number of thioether (sulfide) groups is 1. The summed E-state index contributed by atoms with van der Waals surface area (Å²) in [4.78, 5) is 0. The Morgan fingerprint density at radius 1 is 1.20 bits per heavy atom. The highest BCUT2D eigenvalue weighted by Gasteiger charge is 2.10. The Kier molecular flexibility index (Phi) is 7.54. The average molecular weight is 229 g/mol. The van der Waals surface area contributed by atoms with E-state index in [1.807, 2.05) is 0 Å². The van der Waals surface area contributed by atoms with Crippen molar-refractivity contribution in [2.24, 2.45) is 0 Å². The Morgan fingerprint density at radius 2 is 1.87 bits per heavy atom. The maximum Gasteiger partial charge on any atom is 0.00673 e. The molecular weight excluding hydrogens is 202 g/mol. The molecule has 1 saturated carbocycles. The van der Waals surface area contributed by atoms with Gasteiger partial charge in [-0.1, -0.05) is 39.5 Å². The first kappa shape index (κ1) is 13.4. The van der Waals surface area contributed by atoms with Gasteiger partial charge in [0.15, 0.2) is 0 Å². The summed E-state index contributed by atoms with van der Waals surface area (Å²) in [6.07, 6.45) is 9.92. The molecule has 1 atom stereocenters. The molecular formula is C13H27NS. The van der Waals surface area contributed by atoms with Gasteiger partial charge in [-0.3, -0.25) is 0 Å². The summed E-state index contributed by atoms with van der Waals surface area (Å²) in [6, 6.07) is 0.824. The zero-order valence-corrected chi connectivity index (χ0v) is 11.2. The third-order valence-corrected chi connectivity index (χ3v) is 4.71. The first-order chi connectivity index (χ1) is 7.33. The van der Waals surface area contributed by atoms with Gasteiger partial charge in [-0.25, -0.2) is 0 Å². The number of nitrogens with one attached hydrogen (secondary N) is 1.